The van der Waals surface area contributed by atoms with Gasteiger partial charge < -0.3 is 10.2 Å². The van der Waals surface area contributed by atoms with E-state index < -0.39 is 0 Å². The van der Waals surface area contributed by atoms with Crippen molar-refractivity contribution in [1.29, 1.82) is 0 Å². The Morgan fingerprint density at radius 2 is 2.43 bits per heavy atom. The van der Waals surface area contributed by atoms with Crippen molar-refractivity contribution in [2.45, 2.75) is 19.9 Å². The molecular formula is C9H11N3OS. The van der Waals surface area contributed by atoms with Gasteiger partial charge in [-0.15, -0.1) is 11.3 Å². The zero-order valence-electron chi connectivity index (χ0n) is 7.86. The van der Waals surface area contributed by atoms with Gasteiger partial charge in [0.1, 0.15) is 10.6 Å². The molecule has 0 saturated carbocycles. The molecule has 0 amide bonds. The largest absolute Gasteiger partial charge is 0.439 e. The first-order valence-corrected chi connectivity index (χ1v) is 5.30. The highest BCUT2D eigenvalue weighted by atomic mass is 32.1. The molecular weight excluding hydrogens is 198 g/mol. The molecule has 0 aromatic carbocycles. The molecule has 0 atom stereocenters. The Bertz CT molecular complexity index is 386. The summed E-state index contributed by atoms with van der Waals surface area (Å²) in [5.41, 5.74) is 8.24. The average Bonchev–Trinajstić information content (AvgIpc) is 2.85. The lowest BCUT2D eigenvalue weighted by atomic mass is 10.3. The Kier molecular flexibility index (Phi) is 2.60. The third kappa shape index (κ3) is 1.56. The molecule has 0 aliphatic rings. The first-order valence-electron chi connectivity index (χ1n) is 4.42. The highest BCUT2D eigenvalue weighted by Crippen LogP contribution is 2.24. The van der Waals surface area contributed by atoms with E-state index in [1.165, 1.54) is 11.3 Å². The molecule has 5 heteroatoms. The average molecular weight is 209 g/mol. The third-order valence-electron chi connectivity index (χ3n) is 1.94. The van der Waals surface area contributed by atoms with Crippen LogP contribution in [0.1, 0.15) is 18.4 Å². The minimum Gasteiger partial charge on any atom is -0.439 e. The highest BCUT2D eigenvalue weighted by Gasteiger charge is 2.12. The zero-order chi connectivity index (χ0) is 9.97. The Labute approximate surface area is 85.8 Å². The monoisotopic (exact) mass is 209 g/mol. The first-order chi connectivity index (χ1) is 6.85. The van der Waals surface area contributed by atoms with Crippen molar-refractivity contribution in [3.8, 4) is 10.8 Å². The van der Waals surface area contributed by atoms with Crippen molar-refractivity contribution in [3.05, 3.63) is 23.2 Å². The van der Waals surface area contributed by atoms with Gasteiger partial charge in [-0.1, -0.05) is 6.92 Å². The summed E-state index contributed by atoms with van der Waals surface area (Å²) in [6, 6.07) is 0. The fourth-order valence-electron chi connectivity index (χ4n) is 1.25. The van der Waals surface area contributed by atoms with Crippen LogP contribution in [0.15, 0.2) is 16.1 Å². The third-order valence-corrected chi connectivity index (χ3v) is 2.70. The second kappa shape index (κ2) is 3.89. The molecule has 14 heavy (non-hydrogen) atoms. The van der Waals surface area contributed by atoms with Crippen molar-refractivity contribution in [1.82, 2.24) is 9.97 Å². The maximum absolute atomic E-state index is 5.55. The maximum atomic E-state index is 5.55. The first kappa shape index (κ1) is 9.36. The van der Waals surface area contributed by atoms with Crippen LogP contribution in [0.2, 0.25) is 0 Å². The topological polar surface area (TPSA) is 64.9 Å². The van der Waals surface area contributed by atoms with E-state index in [4.69, 9.17) is 10.2 Å². The molecule has 0 aliphatic carbocycles. The number of aryl methyl sites for hydroxylation is 1. The van der Waals surface area contributed by atoms with Crippen molar-refractivity contribution in [2.24, 2.45) is 5.73 Å². The number of oxazole rings is 1. The Balaban J connectivity index is 2.41. The molecule has 74 valence electrons. The summed E-state index contributed by atoms with van der Waals surface area (Å²) >= 11 is 1.51. The van der Waals surface area contributed by atoms with Crippen LogP contribution >= 0.6 is 11.3 Å². The predicted octanol–water partition coefficient (Wildman–Crippen LogP) is 1.82. The summed E-state index contributed by atoms with van der Waals surface area (Å²) in [6.07, 6.45) is 2.59. The van der Waals surface area contributed by atoms with Crippen molar-refractivity contribution < 1.29 is 4.42 Å². The second-order valence-electron chi connectivity index (χ2n) is 2.81. The summed E-state index contributed by atoms with van der Waals surface area (Å²) in [5, 5.41) is 0. The van der Waals surface area contributed by atoms with Gasteiger partial charge in [0.15, 0.2) is 0 Å². The molecule has 0 spiro atoms. The fourth-order valence-corrected chi connectivity index (χ4v) is 1.79. The van der Waals surface area contributed by atoms with Crippen molar-refractivity contribution >= 4 is 11.3 Å². The van der Waals surface area contributed by atoms with Gasteiger partial charge in [0.05, 0.1) is 23.9 Å². The summed E-state index contributed by atoms with van der Waals surface area (Å²) in [4.78, 5) is 9.29. The number of rotatable bonds is 3. The van der Waals surface area contributed by atoms with Gasteiger partial charge in [-0.2, -0.15) is 0 Å². The van der Waals surface area contributed by atoms with Crippen LogP contribution in [0.5, 0.6) is 0 Å². The normalized spacial score (nSPS) is 10.7. The number of nitrogens with two attached hydrogens (primary N) is 1. The molecule has 0 saturated heterocycles. The highest BCUT2D eigenvalue weighted by molar-refractivity contribution is 7.13. The molecule has 2 aromatic heterocycles. The molecule has 0 radical (unpaired) electrons. The lowest BCUT2D eigenvalue weighted by molar-refractivity contribution is 0.518. The smallest absolute Gasteiger partial charge is 0.238 e. The number of aromatic nitrogens is 2. The molecule has 2 N–H and O–H groups in total. The van der Waals surface area contributed by atoms with Crippen molar-refractivity contribution in [3.63, 3.8) is 0 Å². The second-order valence-corrected chi connectivity index (χ2v) is 3.70. The molecule has 2 rings (SSSR count). The van der Waals surface area contributed by atoms with Gasteiger partial charge in [0.25, 0.3) is 0 Å². The lowest BCUT2D eigenvalue weighted by Gasteiger charge is -1.89. The zero-order valence-corrected chi connectivity index (χ0v) is 8.67. The molecule has 4 nitrogen and oxygen atoms in total. The minimum absolute atomic E-state index is 0.398. The predicted molar refractivity (Wildman–Crippen MR) is 54.9 cm³/mol. The number of nitrogens with zero attached hydrogens (tertiary/aromatic N) is 2. The fraction of sp³-hybridized carbons (Fsp3) is 0.333. The summed E-state index contributed by atoms with van der Waals surface area (Å²) in [5.74, 6) is 1.40. The minimum atomic E-state index is 0.398. The van der Waals surface area contributed by atoms with Crippen LogP contribution in [-0.4, -0.2) is 9.97 Å². The number of hydrogen-bond acceptors (Lipinski definition) is 5. The van der Waals surface area contributed by atoms with E-state index in [1.807, 2.05) is 6.92 Å². The van der Waals surface area contributed by atoms with Crippen LogP contribution in [0.25, 0.3) is 10.8 Å². The lowest BCUT2D eigenvalue weighted by Crippen LogP contribution is -1.97. The number of hydrogen-bond donors (Lipinski definition) is 1. The Morgan fingerprint density at radius 1 is 1.57 bits per heavy atom. The van der Waals surface area contributed by atoms with E-state index in [0.717, 1.165) is 22.8 Å². The van der Waals surface area contributed by atoms with Gasteiger partial charge in [-0.25, -0.2) is 4.98 Å². The summed E-state index contributed by atoms with van der Waals surface area (Å²) in [7, 11) is 0. The van der Waals surface area contributed by atoms with Gasteiger partial charge in [-0.05, 0) is 6.42 Å². The maximum Gasteiger partial charge on any atom is 0.238 e. The van der Waals surface area contributed by atoms with E-state index in [9.17, 15) is 0 Å². The number of thiazole rings is 1. The Hall–Kier alpha value is -1.20. The van der Waals surface area contributed by atoms with Crippen molar-refractivity contribution in [2.75, 3.05) is 0 Å². The molecule has 0 unspecified atom stereocenters. The van der Waals surface area contributed by atoms with Gasteiger partial charge in [0, 0.05) is 0 Å². The van der Waals surface area contributed by atoms with Crippen LogP contribution in [0.3, 0.4) is 0 Å². The van der Waals surface area contributed by atoms with E-state index in [1.54, 1.807) is 11.7 Å². The quantitative estimate of drug-likeness (QED) is 0.837. The van der Waals surface area contributed by atoms with Crippen LogP contribution in [0.4, 0.5) is 0 Å². The van der Waals surface area contributed by atoms with E-state index in [2.05, 4.69) is 9.97 Å². The van der Waals surface area contributed by atoms with Gasteiger partial charge in [-0.3, -0.25) is 4.98 Å². The van der Waals surface area contributed by atoms with E-state index >= 15 is 0 Å². The molecule has 0 fully saturated rings. The molecule has 0 aliphatic heterocycles. The van der Waals surface area contributed by atoms with Gasteiger partial charge in [0.2, 0.25) is 5.89 Å². The SMILES string of the molecule is CCc1nc(-c2cncs2)oc1CN. The van der Waals surface area contributed by atoms with Crippen LogP contribution in [-0.2, 0) is 13.0 Å². The molecule has 2 heterocycles. The summed E-state index contributed by atoms with van der Waals surface area (Å²) in [6.45, 7) is 2.43. The summed E-state index contributed by atoms with van der Waals surface area (Å²) < 4.78 is 5.53. The standard InChI is InChI=1S/C9H11N3OS/c1-2-6-7(3-10)13-9(12-6)8-4-11-5-14-8/h4-5H,2-3,10H2,1H3. The van der Waals surface area contributed by atoms with Gasteiger partial charge >= 0.3 is 0 Å². The van der Waals surface area contributed by atoms with E-state index in [0.29, 0.717) is 12.4 Å². The van der Waals surface area contributed by atoms with E-state index in [-0.39, 0.29) is 0 Å². The van der Waals surface area contributed by atoms with Crippen LogP contribution < -0.4 is 5.73 Å². The molecule has 0 bridgehead atoms. The molecule has 2 aromatic rings. The Morgan fingerprint density at radius 3 is 2.93 bits per heavy atom. The van der Waals surface area contributed by atoms with Crippen LogP contribution in [0, 0.1) is 0 Å².